The summed E-state index contributed by atoms with van der Waals surface area (Å²) in [7, 11) is 0. The summed E-state index contributed by atoms with van der Waals surface area (Å²) in [5.41, 5.74) is 10.5. The van der Waals surface area contributed by atoms with Gasteiger partial charge in [0.05, 0.1) is 0 Å². The third kappa shape index (κ3) is 6.30. The van der Waals surface area contributed by atoms with Crippen LogP contribution in [0.4, 0.5) is 0 Å². The fourth-order valence-electron chi connectivity index (χ4n) is 9.08. The van der Waals surface area contributed by atoms with Crippen molar-refractivity contribution < 1.29 is 45.1 Å². The van der Waals surface area contributed by atoms with Gasteiger partial charge in [-0.15, -0.1) is 0 Å². The first-order valence-electron chi connectivity index (χ1n) is 18.0. The van der Waals surface area contributed by atoms with Crippen molar-refractivity contribution in [1.82, 2.24) is 0 Å². The number of rotatable bonds is 5. The minimum Gasteiger partial charge on any atom is -1.00 e. The zero-order chi connectivity index (χ0) is 32.8. The van der Waals surface area contributed by atoms with Crippen molar-refractivity contribution in [2.24, 2.45) is 10.8 Å². The molecule has 0 fully saturated rings. The largest absolute Gasteiger partial charge is 1.00 e. The molecule has 0 saturated heterocycles. The molecule has 0 bridgehead atoms. The minimum absolute atomic E-state index is 0. The summed E-state index contributed by atoms with van der Waals surface area (Å²) < 4.78 is 9.32. The van der Waals surface area contributed by atoms with Gasteiger partial charge in [0, 0.05) is 0 Å². The summed E-state index contributed by atoms with van der Waals surface area (Å²) in [6.45, 7) is 24.8. The molecule has 0 radical (unpaired) electrons. The van der Waals surface area contributed by atoms with Gasteiger partial charge >= 0.3 is 287 Å². The van der Waals surface area contributed by atoms with Gasteiger partial charge in [0.1, 0.15) is 0 Å². The average Bonchev–Trinajstić information content (AvgIpc) is 3.31. The van der Waals surface area contributed by atoms with Crippen LogP contribution in [0.15, 0.2) is 66.3 Å². The van der Waals surface area contributed by atoms with Crippen LogP contribution in [-0.4, -0.2) is 6.19 Å². The number of benzene rings is 3. The Morgan fingerprint density at radius 2 is 1.38 bits per heavy atom. The SMILES string of the molecule is CC[Si](CC)=[Ti+2]([O]c1ccc2ccccc2c1)[C]1=c2c3c(c4c(c2=C2CCC(C)(C)C=C12)C(C)(C)C=CC4(C)C)CCC(C)(C)C3.[Cl-].[Cl-]. The zero-order valence-corrected chi connectivity index (χ0v) is 35.0. The van der Waals surface area contributed by atoms with Crippen LogP contribution in [0, 0.1) is 10.8 Å². The van der Waals surface area contributed by atoms with E-state index in [2.05, 4.69) is 130 Å². The van der Waals surface area contributed by atoms with Crippen molar-refractivity contribution in [2.75, 3.05) is 0 Å². The van der Waals surface area contributed by atoms with Crippen molar-refractivity contribution in [1.29, 1.82) is 0 Å². The van der Waals surface area contributed by atoms with E-state index in [0.717, 1.165) is 5.75 Å². The van der Waals surface area contributed by atoms with E-state index in [1.165, 1.54) is 55.0 Å². The Kier molecular flexibility index (Phi) is 10.4. The molecule has 4 aliphatic rings. The van der Waals surface area contributed by atoms with Crippen molar-refractivity contribution in [3.63, 3.8) is 0 Å². The Morgan fingerprint density at radius 3 is 2.04 bits per heavy atom. The standard InChI is InChI=1S/C29H37.C10H8O.C4H10Si.2ClH.Ti/c1-26(2)11-9-19-18(16-26)15-21-22-17-27(3,4)12-10-20(22)24-25(23(19)21)29(7,8)14-13-28(24,5)6;11-10-6-5-8-3-1-2-4-9(8)7-10;1-3-5-4-2;;;/h13-14,16H,9-12,17H2,1-8H3;1-7,11H;3-4H2,1-2H3;2*1H;/q;;;;;+3/p-3. The van der Waals surface area contributed by atoms with Crippen molar-refractivity contribution >= 4 is 26.4 Å². The smallest absolute Gasteiger partial charge is 1.00 e. The molecule has 0 spiro atoms. The second kappa shape index (κ2) is 13.2. The van der Waals surface area contributed by atoms with Gasteiger partial charge in [-0.05, 0) is 0 Å². The molecule has 1 nitrogen and oxygen atoms in total. The molecular weight excluding hydrogens is 679 g/mol. The summed E-state index contributed by atoms with van der Waals surface area (Å²) in [5.74, 6) is 1.09. The Labute approximate surface area is 309 Å². The molecule has 254 valence electrons. The Morgan fingerprint density at radius 1 is 0.729 bits per heavy atom. The van der Waals surface area contributed by atoms with Crippen LogP contribution in [0.2, 0.25) is 12.1 Å². The maximum absolute atomic E-state index is 7.61. The molecule has 0 aromatic heterocycles. The normalized spacial score (nSPS) is 20.1. The number of fused-ring (bicyclic) bond motifs is 8. The summed E-state index contributed by atoms with van der Waals surface area (Å²) in [6.07, 6.45) is 13.1. The summed E-state index contributed by atoms with van der Waals surface area (Å²) in [6, 6.07) is 18.2. The Bertz CT molecular complexity index is 2020. The van der Waals surface area contributed by atoms with E-state index in [-0.39, 0.29) is 41.1 Å². The van der Waals surface area contributed by atoms with Crippen LogP contribution < -0.4 is 38.6 Å². The van der Waals surface area contributed by atoms with Gasteiger partial charge in [-0.25, -0.2) is 0 Å². The van der Waals surface area contributed by atoms with Gasteiger partial charge in [-0.2, -0.15) is 0 Å². The Hall–Kier alpha value is -1.55. The summed E-state index contributed by atoms with van der Waals surface area (Å²) in [4.78, 5) is 0. The zero-order valence-electron chi connectivity index (χ0n) is 30.9. The number of halogens is 2. The van der Waals surface area contributed by atoms with E-state index in [0.29, 0.717) is 5.41 Å². The molecular formula is C43H54Cl2OSiTi. The maximum atomic E-state index is 7.61. The predicted octanol–water partition coefficient (Wildman–Crippen LogP) is 4.15. The van der Waals surface area contributed by atoms with Crippen LogP contribution in [0.25, 0.3) is 20.2 Å². The van der Waals surface area contributed by atoms with Gasteiger partial charge in [0.25, 0.3) is 0 Å². The van der Waals surface area contributed by atoms with Crippen LogP contribution in [0.3, 0.4) is 0 Å². The van der Waals surface area contributed by atoms with Crippen LogP contribution >= 0.6 is 0 Å². The average molecular weight is 734 g/mol. The molecule has 0 saturated carbocycles. The molecule has 4 aliphatic carbocycles. The first kappa shape index (κ1) is 37.7. The molecule has 0 N–H and O–H groups in total. The summed E-state index contributed by atoms with van der Waals surface area (Å²) in [5, 5.41) is 5.89. The fraction of sp³-hybridized carbons (Fsp3) is 0.488. The third-order valence-electron chi connectivity index (χ3n) is 11.7. The molecule has 48 heavy (non-hydrogen) atoms. The van der Waals surface area contributed by atoms with Crippen LogP contribution in [-0.2, 0) is 40.7 Å². The van der Waals surface area contributed by atoms with E-state index in [4.69, 9.17) is 3.32 Å². The number of hydrogen-bond donors (Lipinski definition) is 0. The monoisotopic (exact) mass is 732 g/mol. The maximum Gasteiger partial charge on any atom is -1.00 e. The summed E-state index contributed by atoms with van der Waals surface area (Å²) >= 11 is -2.29. The van der Waals surface area contributed by atoms with E-state index in [1.54, 1.807) is 47.7 Å². The molecule has 0 atom stereocenters. The molecule has 7 rings (SSSR count). The predicted molar refractivity (Wildman–Crippen MR) is 196 cm³/mol. The van der Waals surface area contributed by atoms with Gasteiger partial charge in [-0.1, -0.05) is 0 Å². The fourth-order valence-corrected chi connectivity index (χ4v) is 19.9. The van der Waals surface area contributed by atoms with Gasteiger partial charge < -0.3 is 24.8 Å². The van der Waals surface area contributed by atoms with Crippen molar-refractivity contribution in [3.05, 3.63) is 99.0 Å². The van der Waals surface area contributed by atoms with E-state index >= 15 is 0 Å². The molecule has 3 aromatic rings. The van der Waals surface area contributed by atoms with Crippen molar-refractivity contribution in [3.8, 4) is 5.75 Å². The quantitative estimate of drug-likeness (QED) is 0.283. The van der Waals surface area contributed by atoms with E-state index in [9.17, 15) is 0 Å². The van der Waals surface area contributed by atoms with Gasteiger partial charge in [0.2, 0.25) is 0 Å². The molecule has 0 heterocycles. The number of allylic oxidation sites excluding steroid dienone is 4. The van der Waals surface area contributed by atoms with Crippen LogP contribution in [0.5, 0.6) is 5.75 Å². The molecule has 0 amide bonds. The number of hydrogen-bond acceptors (Lipinski definition) is 1. The third-order valence-corrected chi connectivity index (χ3v) is 24.0. The molecule has 3 aromatic carbocycles. The van der Waals surface area contributed by atoms with Gasteiger partial charge in [0.15, 0.2) is 0 Å². The Balaban J connectivity index is 0.00000225. The topological polar surface area (TPSA) is 9.23 Å². The minimum atomic E-state index is -2.29. The molecule has 5 heteroatoms. The van der Waals surface area contributed by atoms with Gasteiger partial charge in [-0.3, -0.25) is 0 Å². The van der Waals surface area contributed by atoms with Crippen molar-refractivity contribution in [2.45, 2.75) is 124 Å². The second-order valence-electron chi connectivity index (χ2n) is 17.2. The van der Waals surface area contributed by atoms with Crippen LogP contribution in [0.1, 0.15) is 111 Å². The molecule has 0 aliphatic heterocycles. The van der Waals surface area contributed by atoms with E-state index in [1.807, 2.05) is 0 Å². The van der Waals surface area contributed by atoms with E-state index < -0.39 is 23.2 Å². The first-order valence-corrected chi connectivity index (χ1v) is 23.6. The molecule has 0 unspecified atom stereocenters. The second-order valence-corrected chi connectivity index (χ2v) is 27.2. The first-order chi connectivity index (χ1) is 21.7.